The third-order valence-electron chi connectivity index (χ3n) is 1.89. The van der Waals surface area contributed by atoms with Crippen molar-refractivity contribution in [1.82, 2.24) is 0 Å². The summed E-state index contributed by atoms with van der Waals surface area (Å²) in [4.78, 5) is 0. The van der Waals surface area contributed by atoms with E-state index in [4.69, 9.17) is 9.47 Å². The molecule has 0 saturated carbocycles. The van der Waals surface area contributed by atoms with E-state index in [0.29, 0.717) is 13.2 Å². The van der Waals surface area contributed by atoms with Gasteiger partial charge in [-0.05, 0) is 12.8 Å². The summed E-state index contributed by atoms with van der Waals surface area (Å²) in [6.45, 7) is 4.62. The lowest BCUT2D eigenvalue weighted by Gasteiger charge is -2.12. The molecule has 0 atom stereocenters. The Kier molecular flexibility index (Phi) is 5.02. The van der Waals surface area contributed by atoms with E-state index in [1.165, 1.54) is 0 Å². The van der Waals surface area contributed by atoms with Crippen molar-refractivity contribution >= 4 is 0 Å². The molecule has 0 bridgehead atoms. The lowest BCUT2D eigenvalue weighted by Crippen LogP contribution is -2.03. The van der Waals surface area contributed by atoms with Gasteiger partial charge in [-0.1, -0.05) is 13.8 Å². The van der Waals surface area contributed by atoms with Gasteiger partial charge in [0.15, 0.2) is 17.3 Å². The molecule has 16 heavy (non-hydrogen) atoms. The number of hydrogen-bond donors (Lipinski definition) is 0. The van der Waals surface area contributed by atoms with Crippen LogP contribution in [0.15, 0.2) is 12.1 Å². The lowest BCUT2D eigenvalue weighted by atomic mass is 10.3. The summed E-state index contributed by atoms with van der Waals surface area (Å²) < 4.78 is 36.8. The van der Waals surface area contributed by atoms with Crippen LogP contribution in [0.4, 0.5) is 8.78 Å². The molecule has 0 aliphatic carbocycles. The highest BCUT2D eigenvalue weighted by Gasteiger charge is 2.13. The molecule has 1 rings (SSSR count). The minimum absolute atomic E-state index is 0.00306. The number of benzene rings is 1. The van der Waals surface area contributed by atoms with E-state index in [1.807, 2.05) is 13.8 Å². The van der Waals surface area contributed by atoms with Crippen LogP contribution in [-0.2, 0) is 0 Å². The number of hydrogen-bond acceptors (Lipinski definition) is 2. The van der Waals surface area contributed by atoms with Gasteiger partial charge in [-0.25, -0.2) is 8.78 Å². The van der Waals surface area contributed by atoms with Gasteiger partial charge >= 0.3 is 0 Å². The minimum atomic E-state index is -0.723. The van der Waals surface area contributed by atoms with Crippen molar-refractivity contribution in [3.63, 3.8) is 0 Å². The summed E-state index contributed by atoms with van der Waals surface area (Å²) in [6.07, 6.45) is 1.52. The third-order valence-corrected chi connectivity index (χ3v) is 1.89. The van der Waals surface area contributed by atoms with Gasteiger partial charge in [0.2, 0.25) is 0 Å². The fourth-order valence-corrected chi connectivity index (χ4v) is 1.20. The number of ether oxygens (including phenoxy) is 2. The summed E-state index contributed by atoms with van der Waals surface area (Å²) >= 11 is 0. The standard InChI is InChI=1S/C12H16F2O2/c1-3-5-15-11-8-9(13)7-10(14)12(11)16-6-4-2/h7-8H,3-6H2,1-2H3. The highest BCUT2D eigenvalue weighted by Crippen LogP contribution is 2.31. The quantitative estimate of drug-likeness (QED) is 0.744. The Morgan fingerprint density at radius 3 is 2.25 bits per heavy atom. The van der Waals surface area contributed by atoms with Crippen LogP contribution in [0.5, 0.6) is 11.5 Å². The van der Waals surface area contributed by atoms with E-state index >= 15 is 0 Å². The maximum Gasteiger partial charge on any atom is 0.197 e. The van der Waals surface area contributed by atoms with Crippen LogP contribution in [0.1, 0.15) is 26.7 Å². The molecule has 0 fully saturated rings. The summed E-state index contributed by atoms with van der Waals surface area (Å²) in [6, 6.07) is 1.94. The van der Waals surface area contributed by atoms with Crippen LogP contribution in [0, 0.1) is 11.6 Å². The highest BCUT2D eigenvalue weighted by molar-refractivity contribution is 5.41. The summed E-state index contributed by atoms with van der Waals surface area (Å²) in [5, 5.41) is 0. The van der Waals surface area contributed by atoms with Crippen LogP contribution in [0.25, 0.3) is 0 Å². The topological polar surface area (TPSA) is 18.5 Å². The zero-order valence-corrected chi connectivity index (χ0v) is 9.56. The fraction of sp³-hybridized carbons (Fsp3) is 0.500. The van der Waals surface area contributed by atoms with Gasteiger partial charge in [0.1, 0.15) is 5.82 Å². The second-order valence-electron chi connectivity index (χ2n) is 3.41. The Hall–Kier alpha value is -1.32. The van der Waals surface area contributed by atoms with Gasteiger partial charge in [-0.3, -0.25) is 0 Å². The predicted octanol–water partition coefficient (Wildman–Crippen LogP) is 3.54. The van der Waals surface area contributed by atoms with Crippen LogP contribution in [0.3, 0.4) is 0 Å². The van der Waals surface area contributed by atoms with Crippen LogP contribution in [-0.4, -0.2) is 13.2 Å². The van der Waals surface area contributed by atoms with Gasteiger partial charge in [-0.15, -0.1) is 0 Å². The van der Waals surface area contributed by atoms with Crippen molar-refractivity contribution in [3.05, 3.63) is 23.8 Å². The Morgan fingerprint density at radius 1 is 1.00 bits per heavy atom. The lowest BCUT2D eigenvalue weighted by molar-refractivity contribution is 0.256. The Bertz CT molecular complexity index is 340. The van der Waals surface area contributed by atoms with E-state index in [9.17, 15) is 8.78 Å². The zero-order chi connectivity index (χ0) is 12.0. The monoisotopic (exact) mass is 230 g/mol. The van der Waals surface area contributed by atoms with Gasteiger partial charge in [-0.2, -0.15) is 0 Å². The molecule has 4 heteroatoms. The van der Waals surface area contributed by atoms with Gasteiger partial charge in [0.05, 0.1) is 13.2 Å². The summed E-state index contributed by atoms with van der Waals surface area (Å²) in [7, 11) is 0. The van der Waals surface area contributed by atoms with Crippen molar-refractivity contribution in [2.24, 2.45) is 0 Å². The van der Waals surface area contributed by atoms with Crippen LogP contribution >= 0.6 is 0 Å². The maximum absolute atomic E-state index is 13.4. The van der Waals surface area contributed by atoms with Crippen LogP contribution in [0.2, 0.25) is 0 Å². The average molecular weight is 230 g/mol. The maximum atomic E-state index is 13.4. The highest BCUT2D eigenvalue weighted by atomic mass is 19.1. The Balaban J connectivity index is 2.91. The van der Waals surface area contributed by atoms with Gasteiger partial charge in [0.25, 0.3) is 0 Å². The molecule has 0 unspecified atom stereocenters. The van der Waals surface area contributed by atoms with Crippen molar-refractivity contribution < 1.29 is 18.3 Å². The van der Waals surface area contributed by atoms with Crippen LogP contribution < -0.4 is 9.47 Å². The SMILES string of the molecule is CCCOc1cc(F)cc(F)c1OCCC. The Labute approximate surface area is 94.2 Å². The molecule has 0 heterocycles. The van der Waals surface area contributed by atoms with Crippen molar-refractivity contribution in [3.8, 4) is 11.5 Å². The van der Waals surface area contributed by atoms with E-state index in [0.717, 1.165) is 25.0 Å². The molecule has 0 saturated heterocycles. The van der Waals surface area contributed by atoms with Crippen molar-refractivity contribution in [1.29, 1.82) is 0 Å². The fourth-order valence-electron chi connectivity index (χ4n) is 1.20. The van der Waals surface area contributed by atoms with E-state index < -0.39 is 11.6 Å². The minimum Gasteiger partial charge on any atom is -0.489 e. The van der Waals surface area contributed by atoms with Crippen molar-refractivity contribution in [2.75, 3.05) is 13.2 Å². The molecule has 0 aliphatic rings. The summed E-state index contributed by atoms with van der Waals surface area (Å²) in [5.41, 5.74) is 0. The molecule has 2 nitrogen and oxygen atoms in total. The molecule has 0 N–H and O–H groups in total. The molecule has 0 aliphatic heterocycles. The number of rotatable bonds is 6. The van der Waals surface area contributed by atoms with E-state index in [2.05, 4.69) is 0 Å². The molecule has 0 spiro atoms. The normalized spacial score (nSPS) is 10.2. The first kappa shape index (κ1) is 12.7. The number of halogens is 2. The van der Waals surface area contributed by atoms with Gasteiger partial charge < -0.3 is 9.47 Å². The Morgan fingerprint density at radius 2 is 1.62 bits per heavy atom. The molecular weight excluding hydrogens is 214 g/mol. The zero-order valence-electron chi connectivity index (χ0n) is 9.56. The first-order valence-electron chi connectivity index (χ1n) is 5.43. The largest absolute Gasteiger partial charge is 0.489 e. The second-order valence-corrected chi connectivity index (χ2v) is 3.41. The second kappa shape index (κ2) is 6.30. The molecule has 1 aromatic rings. The van der Waals surface area contributed by atoms with E-state index in [-0.39, 0.29) is 11.5 Å². The van der Waals surface area contributed by atoms with Crippen molar-refractivity contribution in [2.45, 2.75) is 26.7 Å². The third kappa shape index (κ3) is 3.36. The molecule has 0 aromatic heterocycles. The average Bonchev–Trinajstić information content (AvgIpc) is 2.24. The smallest absolute Gasteiger partial charge is 0.197 e. The molecule has 90 valence electrons. The molecule has 0 amide bonds. The summed E-state index contributed by atoms with van der Waals surface area (Å²) in [5.74, 6) is -1.25. The first-order chi connectivity index (χ1) is 7.69. The van der Waals surface area contributed by atoms with E-state index in [1.54, 1.807) is 0 Å². The first-order valence-corrected chi connectivity index (χ1v) is 5.43. The predicted molar refractivity (Wildman–Crippen MR) is 57.9 cm³/mol. The molecule has 1 aromatic carbocycles. The molecular formula is C12H16F2O2. The van der Waals surface area contributed by atoms with Gasteiger partial charge in [0, 0.05) is 12.1 Å². The molecule has 0 radical (unpaired) electrons.